The second kappa shape index (κ2) is 7.23. The summed E-state index contributed by atoms with van der Waals surface area (Å²) in [5, 5.41) is 25.3. The Balaban J connectivity index is 1.41. The van der Waals surface area contributed by atoms with Gasteiger partial charge in [-0.05, 0) is 25.7 Å². The number of β-lactam (4-membered cyclic amide) rings is 1. The second-order valence-corrected chi connectivity index (χ2v) is 9.35. The highest BCUT2D eigenvalue weighted by molar-refractivity contribution is 8.03. The molecule has 3 aliphatic heterocycles. The molecule has 1 saturated carbocycles. The molecule has 3 heterocycles. The molecule has 0 spiro atoms. The number of nitrogens with one attached hydrogen (secondary N) is 2. The van der Waals surface area contributed by atoms with E-state index >= 15 is 0 Å². The lowest BCUT2D eigenvalue weighted by Gasteiger charge is -2.44. The standard InChI is InChI=1S/C18H25N3O6S/c1-7(22)14-12-5-13(17(27-18(25)26)21(12)16(14)24)28-8-3-11(20-6-8)9-4-10(9)15(23)19-2/h7-12,14,20,22H,3-6H2,1-2H3,(H,19,23)(H,25,26)/t7-,8+,9?,10?,11+,12-,14-/m1/s1. The number of thioether (sulfide) groups is 1. The van der Waals surface area contributed by atoms with Crippen LogP contribution in [-0.2, 0) is 14.3 Å². The molecule has 4 aliphatic rings. The fourth-order valence-corrected chi connectivity index (χ4v) is 6.15. The molecule has 0 aromatic rings. The van der Waals surface area contributed by atoms with Crippen LogP contribution in [0.15, 0.2) is 10.8 Å². The average Bonchev–Trinajstić information content (AvgIpc) is 3.20. The zero-order chi connectivity index (χ0) is 20.2. The van der Waals surface area contributed by atoms with Gasteiger partial charge in [0, 0.05) is 42.1 Å². The molecule has 9 nitrogen and oxygen atoms in total. The molecule has 10 heteroatoms. The van der Waals surface area contributed by atoms with E-state index in [1.54, 1.807) is 25.7 Å². The number of aliphatic hydroxyl groups is 1. The third-order valence-electron chi connectivity index (χ3n) is 6.20. The summed E-state index contributed by atoms with van der Waals surface area (Å²) in [7, 11) is 1.65. The number of carboxylic acid groups (broad SMARTS) is 1. The van der Waals surface area contributed by atoms with Crippen molar-refractivity contribution in [2.24, 2.45) is 17.8 Å². The Labute approximate surface area is 166 Å². The Morgan fingerprint density at radius 3 is 2.79 bits per heavy atom. The van der Waals surface area contributed by atoms with Gasteiger partial charge in [-0.1, -0.05) is 0 Å². The zero-order valence-electron chi connectivity index (χ0n) is 15.8. The van der Waals surface area contributed by atoms with E-state index in [0.29, 0.717) is 12.3 Å². The van der Waals surface area contributed by atoms with E-state index in [1.165, 1.54) is 4.90 Å². The van der Waals surface area contributed by atoms with Crippen LogP contribution in [0.1, 0.15) is 26.2 Å². The molecule has 2 saturated heterocycles. The number of ether oxygens (including phenoxy) is 1. The van der Waals surface area contributed by atoms with Gasteiger partial charge in [-0.25, -0.2) is 4.79 Å². The number of hydrogen-bond donors (Lipinski definition) is 4. The van der Waals surface area contributed by atoms with Gasteiger partial charge in [0.25, 0.3) is 0 Å². The molecule has 2 amide bonds. The van der Waals surface area contributed by atoms with Crippen LogP contribution in [0.3, 0.4) is 0 Å². The summed E-state index contributed by atoms with van der Waals surface area (Å²) in [4.78, 5) is 37.3. The fraction of sp³-hybridized carbons (Fsp3) is 0.722. The number of rotatable bonds is 6. The number of amides is 2. The van der Waals surface area contributed by atoms with Gasteiger partial charge >= 0.3 is 6.16 Å². The molecule has 0 aromatic carbocycles. The number of nitrogens with zero attached hydrogens (tertiary/aromatic N) is 1. The van der Waals surface area contributed by atoms with Crippen molar-refractivity contribution in [3.63, 3.8) is 0 Å². The molecule has 0 bridgehead atoms. The molecule has 28 heavy (non-hydrogen) atoms. The van der Waals surface area contributed by atoms with Gasteiger partial charge in [-0.3, -0.25) is 14.5 Å². The fourth-order valence-electron chi connectivity index (χ4n) is 4.76. The first-order valence-electron chi connectivity index (χ1n) is 9.58. The highest BCUT2D eigenvalue weighted by Gasteiger charge is 2.57. The average molecular weight is 411 g/mol. The van der Waals surface area contributed by atoms with Gasteiger partial charge in [-0.15, -0.1) is 11.8 Å². The first kappa shape index (κ1) is 19.5. The van der Waals surface area contributed by atoms with E-state index in [2.05, 4.69) is 10.6 Å². The predicted molar refractivity (Wildman–Crippen MR) is 100 cm³/mol. The van der Waals surface area contributed by atoms with E-state index in [4.69, 9.17) is 9.84 Å². The molecule has 0 radical (unpaired) electrons. The Hall–Kier alpha value is -1.78. The zero-order valence-corrected chi connectivity index (χ0v) is 16.6. The summed E-state index contributed by atoms with van der Waals surface area (Å²) in [5.74, 6) is -0.193. The van der Waals surface area contributed by atoms with Crippen molar-refractivity contribution in [3.05, 3.63) is 10.8 Å². The molecular weight excluding hydrogens is 386 g/mol. The van der Waals surface area contributed by atoms with Crippen LogP contribution in [0.5, 0.6) is 0 Å². The first-order chi connectivity index (χ1) is 13.3. The maximum absolute atomic E-state index is 12.3. The van der Waals surface area contributed by atoms with Gasteiger partial charge in [0.05, 0.1) is 18.1 Å². The van der Waals surface area contributed by atoms with Crippen LogP contribution >= 0.6 is 11.8 Å². The first-order valence-corrected chi connectivity index (χ1v) is 10.5. The lowest BCUT2D eigenvalue weighted by atomic mass is 9.84. The van der Waals surface area contributed by atoms with Crippen LogP contribution in [-0.4, -0.2) is 70.1 Å². The van der Waals surface area contributed by atoms with Gasteiger partial charge in [0.1, 0.15) is 0 Å². The minimum atomic E-state index is -1.45. The normalized spacial score (nSPS) is 37.4. The highest BCUT2D eigenvalue weighted by Crippen LogP contribution is 2.50. The third-order valence-corrected chi connectivity index (χ3v) is 7.52. The Morgan fingerprint density at radius 1 is 1.39 bits per heavy atom. The molecule has 4 N–H and O–H groups in total. The van der Waals surface area contributed by atoms with Crippen molar-refractivity contribution in [2.75, 3.05) is 13.6 Å². The minimum absolute atomic E-state index is 0.0780. The molecule has 0 aromatic heterocycles. The van der Waals surface area contributed by atoms with Crippen molar-refractivity contribution in [3.8, 4) is 0 Å². The minimum Gasteiger partial charge on any atom is -0.449 e. The van der Waals surface area contributed by atoms with Crippen molar-refractivity contribution >= 4 is 29.7 Å². The summed E-state index contributed by atoms with van der Waals surface area (Å²) >= 11 is 1.55. The molecule has 154 valence electrons. The van der Waals surface area contributed by atoms with Crippen molar-refractivity contribution in [1.82, 2.24) is 15.5 Å². The third kappa shape index (κ3) is 3.27. The lowest BCUT2D eigenvalue weighted by Crippen LogP contribution is -2.61. The maximum atomic E-state index is 12.3. The molecule has 2 unspecified atom stereocenters. The Kier molecular flexibility index (Phi) is 5.05. The van der Waals surface area contributed by atoms with Crippen LogP contribution in [0.25, 0.3) is 0 Å². The number of aliphatic hydroxyl groups excluding tert-OH is 1. The van der Waals surface area contributed by atoms with Crippen molar-refractivity contribution < 1.29 is 29.3 Å². The van der Waals surface area contributed by atoms with Crippen molar-refractivity contribution in [2.45, 2.75) is 49.6 Å². The number of hydrogen-bond acceptors (Lipinski definition) is 7. The molecule has 4 rings (SSSR count). The van der Waals surface area contributed by atoms with Crippen LogP contribution in [0.2, 0.25) is 0 Å². The number of fused-ring (bicyclic) bond motifs is 1. The predicted octanol–water partition coefficient (Wildman–Crippen LogP) is 0.307. The summed E-state index contributed by atoms with van der Waals surface area (Å²) in [6, 6.07) is 0.0325. The van der Waals surface area contributed by atoms with Crippen molar-refractivity contribution in [1.29, 1.82) is 0 Å². The molecule has 1 aliphatic carbocycles. The van der Waals surface area contributed by atoms with Gasteiger partial charge in [0.15, 0.2) is 0 Å². The summed E-state index contributed by atoms with van der Waals surface area (Å²) in [5.41, 5.74) is 0. The Morgan fingerprint density at radius 2 is 2.14 bits per heavy atom. The van der Waals surface area contributed by atoms with E-state index in [0.717, 1.165) is 24.3 Å². The number of carbonyl (C=O) groups excluding carboxylic acids is 2. The summed E-state index contributed by atoms with van der Waals surface area (Å²) < 4.78 is 4.94. The van der Waals surface area contributed by atoms with E-state index in [9.17, 15) is 19.5 Å². The Bertz CT molecular complexity index is 741. The van der Waals surface area contributed by atoms with Crippen LogP contribution in [0, 0.1) is 17.8 Å². The van der Waals surface area contributed by atoms with E-state index < -0.39 is 18.2 Å². The number of carbonyl (C=O) groups is 3. The van der Waals surface area contributed by atoms with Gasteiger partial charge < -0.3 is 25.6 Å². The van der Waals surface area contributed by atoms with Gasteiger partial charge in [0.2, 0.25) is 17.7 Å². The van der Waals surface area contributed by atoms with E-state index in [-0.39, 0.29) is 40.9 Å². The topological polar surface area (TPSA) is 128 Å². The van der Waals surface area contributed by atoms with Crippen LogP contribution < -0.4 is 10.6 Å². The molecular formula is C18H25N3O6S. The van der Waals surface area contributed by atoms with E-state index in [1.807, 2.05) is 0 Å². The summed E-state index contributed by atoms with van der Waals surface area (Å²) in [6.07, 6.45) is 0.0465. The highest BCUT2D eigenvalue weighted by atomic mass is 32.2. The lowest BCUT2D eigenvalue weighted by molar-refractivity contribution is -0.161. The monoisotopic (exact) mass is 411 g/mol. The molecule has 3 fully saturated rings. The summed E-state index contributed by atoms with van der Waals surface area (Å²) in [6.45, 7) is 2.33. The van der Waals surface area contributed by atoms with Crippen LogP contribution in [0.4, 0.5) is 4.79 Å². The quantitative estimate of drug-likeness (QED) is 0.363. The largest absolute Gasteiger partial charge is 0.512 e. The molecule has 7 atom stereocenters. The SMILES string of the molecule is CNC(=O)C1CC1[C@@H]1C[C@H](SC2=C(OC(=O)O)N3C(=O)[C@H]([C@@H](C)O)[C@H]3C2)CN1. The second-order valence-electron chi connectivity index (χ2n) is 7.95. The van der Waals surface area contributed by atoms with Gasteiger partial charge in [-0.2, -0.15) is 0 Å². The smallest absolute Gasteiger partial charge is 0.449 e. The maximum Gasteiger partial charge on any atom is 0.512 e.